The monoisotopic (exact) mass is 651 g/mol. The summed E-state index contributed by atoms with van der Waals surface area (Å²) in [6, 6.07) is 19.5. The van der Waals surface area contributed by atoms with Crippen molar-refractivity contribution in [1.29, 1.82) is 0 Å². The van der Waals surface area contributed by atoms with Crippen LogP contribution >= 0.6 is 0 Å². The molecule has 0 atom stereocenters. The zero-order valence-electron chi connectivity index (χ0n) is 26.4. The number of carbonyl (C=O) groups excluding carboxylic acids is 2. The zero-order valence-corrected chi connectivity index (χ0v) is 26.4. The molecule has 14 heteroatoms. The van der Waals surface area contributed by atoms with Gasteiger partial charge in [0, 0.05) is 60.4 Å². The van der Waals surface area contributed by atoms with Gasteiger partial charge in [-0.3, -0.25) is 9.78 Å². The molecule has 3 aliphatic heterocycles. The predicted molar refractivity (Wildman–Crippen MR) is 179 cm³/mol. The number of nitrogens with zero attached hydrogens (tertiary/aromatic N) is 6. The minimum atomic E-state index is -0.409. The van der Waals surface area contributed by atoms with Crippen LogP contribution in [0.5, 0.6) is 0 Å². The average molecular weight is 652 g/mol. The summed E-state index contributed by atoms with van der Waals surface area (Å²) in [5.41, 5.74) is 3.37. The fourth-order valence-electron chi connectivity index (χ4n) is 5.88. The van der Waals surface area contributed by atoms with Crippen LogP contribution in [0.2, 0.25) is 0 Å². The van der Waals surface area contributed by atoms with Gasteiger partial charge < -0.3 is 40.0 Å². The molecular formula is C34H37N9O5. The highest BCUT2D eigenvalue weighted by Gasteiger charge is 2.38. The lowest BCUT2D eigenvalue weighted by Gasteiger charge is -2.45. The van der Waals surface area contributed by atoms with E-state index < -0.39 is 6.03 Å². The van der Waals surface area contributed by atoms with Crippen molar-refractivity contribution in [1.82, 2.24) is 25.3 Å². The van der Waals surface area contributed by atoms with Gasteiger partial charge in [-0.15, -0.1) is 0 Å². The van der Waals surface area contributed by atoms with E-state index in [4.69, 9.17) is 29.2 Å². The third-order valence-corrected chi connectivity index (χ3v) is 8.36. The molecule has 3 saturated heterocycles. The van der Waals surface area contributed by atoms with Gasteiger partial charge in [-0.2, -0.15) is 15.0 Å². The molecule has 0 aliphatic carbocycles. The Morgan fingerprint density at radius 2 is 1.40 bits per heavy atom. The minimum absolute atomic E-state index is 0.0337. The number of rotatable bonds is 9. The van der Waals surface area contributed by atoms with Crippen LogP contribution in [-0.4, -0.2) is 103 Å². The van der Waals surface area contributed by atoms with E-state index in [1.807, 2.05) is 42.5 Å². The van der Waals surface area contributed by atoms with E-state index in [0.717, 1.165) is 11.3 Å². The Bertz CT molecular complexity index is 1680. The molecule has 3 fully saturated rings. The molecule has 3 amide bonds. The number of aromatic nitrogens is 4. The lowest BCUT2D eigenvalue weighted by atomic mass is 10.1. The van der Waals surface area contributed by atoms with Crippen LogP contribution in [0.15, 0.2) is 72.9 Å². The highest BCUT2D eigenvalue weighted by atomic mass is 16.5. The summed E-state index contributed by atoms with van der Waals surface area (Å²) >= 11 is 0. The number of fused-ring (bicyclic) bond motifs is 2. The fourth-order valence-corrected chi connectivity index (χ4v) is 5.88. The normalized spacial score (nSPS) is 19.0. The second kappa shape index (κ2) is 14.7. The van der Waals surface area contributed by atoms with Crippen LogP contribution in [0.4, 0.5) is 28.1 Å². The summed E-state index contributed by atoms with van der Waals surface area (Å²) in [6.45, 7) is 5.32. The first kappa shape index (κ1) is 31.4. The SMILES string of the molecule is O=C(Nc1ccc(C(=O)NCCc2ccccn2)cc1)Nc1ccc(-c2nc(N3CCOCC3)nc(N3C4COCC3COC4)n2)cc1. The van der Waals surface area contributed by atoms with Crippen molar-refractivity contribution in [2.75, 3.05) is 79.7 Å². The third kappa shape index (κ3) is 7.51. The van der Waals surface area contributed by atoms with Crippen LogP contribution in [0, 0.1) is 0 Å². The fraction of sp³-hybridized carbons (Fsp3) is 0.353. The molecule has 0 unspecified atom stereocenters. The van der Waals surface area contributed by atoms with Gasteiger partial charge in [-0.1, -0.05) is 6.07 Å². The summed E-state index contributed by atoms with van der Waals surface area (Å²) in [6.07, 6.45) is 2.38. The maximum atomic E-state index is 12.8. The van der Waals surface area contributed by atoms with Gasteiger partial charge in [-0.25, -0.2) is 4.79 Å². The summed E-state index contributed by atoms with van der Waals surface area (Å²) in [5, 5.41) is 8.56. The van der Waals surface area contributed by atoms with Crippen LogP contribution in [0.1, 0.15) is 16.1 Å². The molecule has 2 aromatic heterocycles. The standard InChI is InChI=1S/C34H37N9O5/c44-31(36-14-12-25-3-1-2-13-35-25)24-6-10-27(11-7-24)38-34(45)37-26-8-4-23(5-9-26)30-39-32(42-15-17-46-18-16-42)41-33(40-30)43-28-19-47-21-29(43)22-48-20-28/h1-11,13,28-29H,12,14-22H2,(H,36,44)(H2,37,38,45). The molecule has 248 valence electrons. The molecule has 7 rings (SSSR count). The number of urea groups is 1. The largest absolute Gasteiger partial charge is 0.378 e. The van der Waals surface area contributed by atoms with Crippen molar-refractivity contribution in [3.8, 4) is 11.4 Å². The number of morpholine rings is 3. The molecule has 14 nitrogen and oxygen atoms in total. The second-order valence-electron chi connectivity index (χ2n) is 11.7. The van der Waals surface area contributed by atoms with Crippen LogP contribution in [-0.2, 0) is 20.6 Å². The molecule has 48 heavy (non-hydrogen) atoms. The van der Waals surface area contributed by atoms with Crippen molar-refractivity contribution in [3.63, 3.8) is 0 Å². The Labute approximate surface area is 277 Å². The summed E-state index contributed by atoms with van der Waals surface area (Å²) in [5.74, 6) is 1.58. The van der Waals surface area contributed by atoms with Gasteiger partial charge in [0.15, 0.2) is 5.82 Å². The third-order valence-electron chi connectivity index (χ3n) is 8.36. The van der Waals surface area contributed by atoms with Gasteiger partial charge in [0.05, 0.1) is 51.7 Å². The number of hydrogen-bond acceptors (Lipinski definition) is 11. The topological polar surface area (TPSA) is 156 Å². The Morgan fingerprint density at radius 1 is 0.750 bits per heavy atom. The first-order chi connectivity index (χ1) is 23.6. The smallest absolute Gasteiger partial charge is 0.323 e. The minimum Gasteiger partial charge on any atom is -0.378 e. The van der Waals surface area contributed by atoms with E-state index in [1.165, 1.54) is 0 Å². The highest BCUT2D eigenvalue weighted by molar-refractivity contribution is 6.00. The number of nitrogens with one attached hydrogen (secondary N) is 3. The van der Waals surface area contributed by atoms with Gasteiger partial charge in [0.25, 0.3) is 5.91 Å². The number of amides is 3. The highest BCUT2D eigenvalue weighted by Crippen LogP contribution is 2.29. The van der Waals surface area contributed by atoms with Gasteiger partial charge >= 0.3 is 6.03 Å². The Balaban J connectivity index is 0.988. The second-order valence-corrected chi connectivity index (χ2v) is 11.7. The predicted octanol–water partition coefficient (Wildman–Crippen LogP) is 2.99. The molecular weight excluding hydrogens is 614 g/mol. The van der Waals surface area contributed by atoms with E-state index >= 15 is 0 Å². The summed E-state index contributed by atoms with van der Waals surface area (Å²) in [7, 11) is 0. The number of ether oxygens (including phenoxy) is 3. The molecule has 0 spiro atoms. The number of hydrogen-bond donors (Lipinski definition) is 3. The summed E-state index contributed by atoms with van der Waals surface area (Å²) in [4.78, 5) is 48.5. The van der Waals surface area contributed by atoms with E-state index in [-0.39, 0.29) is 18.0 Å². The average Bonchev–Trinajstić information content (AvgIpc) is 3.12. The van der Waals surface area contributed by atoms with Crippen molar-refractivity contribution >= 4 is 35.2 Å². The van der Waals surface area contributed by atoms with Crippen molar-refractivity contribution in [2.24, 2.45) is 0 Å². The first-order valence-corrected chi connectivity index (χ1v) is 16.1. The molecule has 2 aromatic carbocycles. The molecule has 3 aliphatic rings. The number of pyridine rings is 1. The Hall–Kier alpha value is -5.18. The zero-order chi connectivity index (χ0) is 32.7. The molecule has 4 aromatic rings. The maximum absolute atomic E-state index is 12.8. The number of carbonyl (C=O) groups is 2. The maximum Gasteiger partial charge on any atom is 0.323 e. The van der Waals surface area contributed by atoms with Crippen LogP contribution in [0.3, 0.4) is 0 Å². The van der Waals surface area contributed by atoms with E-state index in [9.17, 15) is 9.59 Å². The van der Waals surface area contributed by atoms with Crippen molar-refractivity contribution < 1.29 is 23.8 Å². The Morgan fingerprint density at radius 3 is 2.04 bits per heavy atom. The molecule has 3 N–H and O–H groups in total. The molecule has 2 bridgehead atoms. The van der Waals surface area contributed by atoms with Gasteiger partial charge in [0.2, 0.25) is 11.9 Å². The van der Waals surface area contributed by atoms with E-state index in [0.29, 0.717) is 100 Å². The molecule has 0 saturated carbocycles. The number of anilines is 4. The summed E-state index contributed by atoms with van der Waals surface area (Å²) < 4.78 is 17.1. The lowest BCUT2D eigenvalue weighted by molar-refractivity contribution is -0.0355. The van der Waals surface area contributed by atoms with Crippen LogP contribution < -0.4 is 25.8 Å². The Kier molecular flexibility index (Phi) is 9.63. The van der Waals surface area contributed by atoms with Crippen molar-refractivity contribution in [2.45, 2.75) is 18.5 Å². The van der Waals surface area contributed by atoms with Gasteiger partial charge in [0.1, 0.15) is 0 Å². The first-order valence-electron chi connectivity index (χ1n) is 16.1. The number of benzene rings is 2. The van der Waals surface area contributed by atoms with E-state index in [1.54, 1.807) is 30.5 Å². The van der Waals surface area contributed by atoms with Crippen LogP contribution in [0.25, 0.3) is 11.4 Å². The van der Waals surface area contributed by atoms with Crippen molar-refractivity contribution in [3.05, 3.63) is 84.2 Å². The van der Waals surface area contributed by atoms with Gasteiger partial charge in [-0.05, 0) is 60.7 Å². The molecule has 0 radical (unpaired) electrons. The molecule has 5 heterocycles. The lowest BCUT2D eigenvalue weighted by Crippen LogP contribution is -2.60. The van der Waals surface area contributed by atoms with E-state index in [2.05, 4.69) is 30.7 Å². The quantitative estimate of drug-likeness (QED) is 0.245.